The predicted molar refractivity (Wildman–Crippen MR) is 74.3 cm³/mol. The molecule has 0 amide bonds. The Morgan fingerprint density at radius 1 is 1.35 bits per heavy atom. The quantitative estimate of drug-likeness (QED) is 0.808. The van der Waals surface area contributed by atoms with E-state index in [-0.39, 0.29) is 5.92 Å². The summed E-state index contributed by atoms with van der Waals surface area (Å²) >= 11 is 0. The van der Waals surface area contributed by atoms with E-state index in [1.54, 1.807) is 12.2 Å². The molecule has 0 aliphatic heterocycles. The third kappa shape index (κ3) is 5.48. The summed E-state index contributed by atoms with van der Waals surface area (Å²) in [5.41, 5.74) is 0.529. The lowest BCUT2D eigenvalue weighted by atomic mass is 10.0. The van der Waals surface area contributed by atoms with Gasteiger partial charge >= 0.3 is 5.97 Å². The maximum Gasteiger partial charge on any atom is 0.320 e. The summed E-state index contributed by atoms with van der Waals surface area (Å²) in [7, 11) is 0. The van der Waals surface area contributed by atoms with E-state index in [0.29, 0.717) is 18.5 Å². The summed E-state index contributed by atoms with van der Waals surface area (Å²) in [5, 5.41) is 11.9. The largest absolute Gasteiger partial charge is 0.480 e. The van der Waals surface area contributed by atoms with Gasteiger partial charge in [-0.15, -0.1) is 0 Å². The molecule has 3 nitrogen and oxygen atoms in total. The molecule has 0 fully saturated rings. The normalized spacial score (nSPS) is 13.1. The zero-order valence-corrected chi connectivity index (χ0v) is 11.6. The minimum Gasteiger partial charge on any atom is -0.480 e. The minimum atomic E-state index is -0.900. The van der Waals surface area contributed by atoms with Crippen LogP contribution in [0, 0.1) is 17.6 Å². The number of rotatable bonds is 7. The molecule has 0 bridgehead atoms. The van der Waals surface area contributed by atoms with Crippen LogP contribution in [0.4, 0.5) is 8.78 Å². The first-order valence-electron chi connectivity index (χ1n) is 6.48. The Morgan fingerprint density at radius 3 is 2.60 bits per heavy atom. The van der Waals surface area contributed by atoms with Crippen LogP contribution in [-0.4, -0.2) is 23.7 Å². The van der Waals surface area contributed by atoms with Gasteiger partial charge in [-0.3, -0.25) is 4.79 Å². The van der Waals surface area contributed by atoms with Crippen LogP contribution in [0.3, 0.4) is 0 Å². The van der Waals surface area contributed by atoms with Gasteiger partial charge in [0.1, 0.15) is 6.04 Å². The van der Waals surface area contributed by atoms with Gasteiger partial charge in [-0.1, -0.05) is 32.1 Å². The van der Waals surface area contributed by atoms with Gasteiger partial charge < -0.3 is 10.4 Å². The minimum absolute atomic E-state index is 0.277. The van der Waals surface area contributed by atoms with Crippen molar-refractivity contribution in [3.63, 3.8) is 0 Å². The zero-order chi connectivity index (χ0) is 15.1. The number of halogens is 2. The fourth-order valence-electron chi connectivity index (χ4n) is 1.76. The van der Waals surface area contributed by atoms with Gasteiger partial charge in [0.05, 0.1) is 0 Å². The number of carboxylic acid groups (broad SMARTS) is 1. The summed E-state index contributed by atoms with van der Waals surface area (Å²) in [6.45, 7) is 4.26. The molecule has 2 N–H and O–H groups in total. The second-order valence-corrected chi connectivity index (χ2v) is 5.00. The SMILES string of the molecule is CC(C)C[C@H](NC/C=C/c1ccc(F)c(F)c1)C(=O)O. The highest BCUT2D eigenvalue weighted by molar-refractivity contribution is 5.73. The predicted octanol–water partition coefficient (Wildman–Crippen LogP) is 3.07. The Kier molecular flexibility index (Phi) is 6.31. The summed E-state index contributed by atoms with van der Waals surface area (Å²) < 4.78 is 25.7. The van der Waals surface area contributed by atoms with Gasteiger partial charge in [0, 0.05) is 6.54 Å². The molecule has 0 radical (unpaired) electrons. The van der Waals surface area contributed by atoms with Gasteiger partial charge in [0.15, 0.2) is 11.6 Å². The first kappa shape index (κ1) is 16.3. The highest BCUT2D eigenvalue weighted by atomic mass is 19.2. The molecule has 1 atom stereocenters. The summed E-state index contributed by atoms with van der Waals surface area (Å²) in [4.78, 5) is 11.0. The van der Waals surface area contributed by atoms with Crippen LogP contribution in [-0.2, 0) is 4.79 Å². The van der Waals surface area contributed by atoms with E-state index in [1.807, 2.05) is 13.8 Å². The standard InChI is InChI=1S/C15H19F2NO2/c1-10(2)8-14(15(19)20)18-7-3-4-11-5-6-12(16)13(17)9-11/h3-6,9-10,14,18H,7-8H2,1-2H3,(H,19,20)/b4-3+/t14-/m0/s1. The van der Waals surface area contributed by atoms with Crippen LogP contribution in [0.2, 0.25) is 0 Å². The van der Waals surface area contributed by atoms with Crippen LogP contribution < -0.4 is 5.32 Å². The number of hydrogen-bond donors (Lipinski definition) is 2. The van der Waals surface area contributed by atoms with Crippen molar-refractivity contribution in [2.45, 2.75) is 26.3 Å². The van der Waals surface area contributed by atoms with Crippen molar-refractivity contribution in [2.75, 3.05) is 6.54 Å². The molecule has 0 aliphatic rings. The number of benzene rings is 1. The number of nitrogens with one attached hydrogen (secondary N) is 1. The molecular weight excluding hydrogens is 264 g/mol. The Hall–Kier alpha value is -1.75. The van der Waals surface area contributed by atoms with Gasteiger partial charge in [0.2, 0.25) is 0 Å². The van der Waals surface area contributed by atoms with Gasteiger partial charge in [0.25, 0.3) is 0 Å². The molecule has 0 heterocycles. The van der Waals surface area contributed by atoms with Crippen LogP contribution >= 0.6 is 0 Å². The molecule has 0 spiro atoms. The smallest absolute Gasteiger partial charge is 0.320 e. The number of carbonyl (C=O) groups is 1. The molecular formula is C15H19F2NO2. The highest BCUT2D eigenvalue weighted by Crippen LogP contribution is 2.10. The van der Waals surface area contributed by atoms with Gasteiger partial charge in [-0.2, -0.15) is 0 Å². The maximum absolute atomic E-state index is 13.0. The Balaban J connectivity index is 2.51. The molecule has 20 heavy (non-hydrogen) atoms. The Morgan fingerprint density at radius 2 is 2.05 bits per heavy atom. The molecule has 0 aromatic heterocycles. The molecule has 5 heteroatoms. The number of carboxylic acids is 1. The third-order valence-corrected chi connectivity index (χ3v) is 2.74. The van der Waals surface area contributed by atoms with E-state index in [1.165, 1.54) is 6.07 Å². The fraction of sp³-hybridized carbons (Fsp3) is 0.400. The third-order valence-electron chi connectivity index (χ3n) is 2.74. The summed E-state index contributed by atoms with van der Waals surface area (Å²) in [6, 6.07) is 3.00. The second kappa shape index (κ2) is 7.75. The topological polar surface area (TPSA) is 49.3 Å². The summed E-state index contributed by atoms with van der Waals surface area (Å²) in [5.74, 6) is -2.40. The first-order valence-corrected chi connectivity index (χ1v) is 6.48. The van der Waals surface area contributed by atoms with Crippen LogP contribution in [0.25, 0.3) is 6.08 Å². The van der Waals surface area contributed by atoms with Crippen LogP contribution in [0.15, 0.2) is 24.3 Å². The second-order valence-electron chi connectivity index (χ2n) is 5.00. The van der Waals surface area contributed by atoms with E-state index in [0.717, 1.165) is 12.1 Å². The van der Waals surface area contributed by atoms with Crippen molar-refractivity contribution in [1.82, 2.24) is 5.32 Å². The van der Waals surface area contributed by atoms with E-state index >= 15 is 0 Å². The van der Waals surface area contributed by atoms with Crippen molar-refractivity contribution < 1.29 is 18.7 Å². The Labute approximate surface area is 117 Å². The van der Waals surface area contributed by atoms with Gasteiger partial charge in [-0.05, 0) is 30.0 Å². The Bertz CT molecular complexity index is 487. The van der Waals surface area contributed by atoms with Gasteiger partial charge in [-0.25, -0.2) is 8.78 Å². The van der Waals surface area contributed by atoms with Crippen LogP contribution in [0.1, 0.15) is 25.8 Å². The van der Waals surface area contributed by atoms with Crippen molar-refractivity contribution in [2.24, 2.45) is 5.92 Å². The molecule has 110 valence electrons. The fourth-order valence-corrected chi connectivity index (χ4v) is 1.76. The molecule has 1 rings (SSSR count). The van der Waals surface area contributed by atoms with E-state index in [2.05, 4.69) is 5.32 Å². The van der Waals surface area contributed by atoms with Crippen LogP contribution in [0.5, 0.6) is 0 Å². The average molecular weight is 283 g/mol. The highest BCUT2D eigenvalue weighted by Gasteiger charge is 2.16. The van der Waals surface area contributed by atoms with E-state index < -0.39 is 23.6 Å². The lowest BCUT2D eigenvalue weighted by Crippen LogP contribution is -2.37. The molecule has 1 aromatic rings. The molecule has 1 aromatic carbocycles. The van der Waals surface area contributed by atoms with Crippen molar-refractivity contribution in [1.29, 1.82) is 0 Å². The number of aliphatic carboxylic acids is 1. The molecule has 0 saturated heterocycles. The molecule has 0 saturated carbocycles. The lowest BCUT2D eigenvalue weighted by Gasteiger charge is -2.15. The monoisotopic (exact) mass is 283 g/mol. The zero-order valence-electron chi connectivity index (χ0n) is 11.6. The van der Waals surface area contributed by atoms with Crippen molar-refractivity contribution >= 4 is 12.0 Å². The first-order chi connectivity index (χ1) is 9.40. The van der Waals surface area contributed by atoms with Crippen molar-refractivity contribution in [3.8, 4) is 0 Å². The maximum atomic E-state index is 13.0. The number of hydrogen-bond acceptors (Lipinski definition) is 2. The van der Waals surface area contributed by atoms with Crippen molar-refractivity contribution in [3.05, 3.63) is 41.5 Å². The lowest BCUT2D eigenvalue weighted by molar-refractivity contribution is -0.139. The summed E-state index contributed by atoms with van der Waals surface area (Å²) in [6.07, 6.45) is 3.83. The average Bonchev–Trinajstić information content (AvgIpc) is 2.36. The molecule has 0 unspecified atom stereocenters. The van der Waals surface area contributed by atoms with E-state index in [4.69, 9.17) is 5.11 Å². The molecule has 0 aliphatic carbocycles. The van der Waals surface area contributed by atoms with E-state index in [9.17, 15) is 13.6 Å².